The number of nitrogens with zero attached hydrogens (tertiary/aromatic N) is 3. The van der Waals surface area contributed by atoms with Crippen molar-refractivity contribution in [2.45, 2.75) is 37.5 Å². The van der Waals surface area contributed by atoms with Gasteiger partial charge in [0.25, 0.3) is 0 Å². The summed E-state index contributed by atoms with van der Waals surface area (Å²) in [5, 5.41) is 4.15. The molecule has 3 N–H and O–H groups in total. The monoisotopic (exact) mass is 511 g/mol. The lowest BCUT2D eigenvalue weighted by atomic mass is 9.83. The highest BCUT2D eigenvalue weighted by molar-refractivity contribution is 8.15. The van der Waals surface area contributed by atoms with Crippen molar-refractivity contribution in [3.8, 4) is 17.6 Å². The predicted molar refractivity (Wildman–Crippen MR) is 140 cm³/mol. The molecule has 0 spiro atoms. The standard InChI is InChI=1S/C26H27F2N5O2S/c1-5-6-9-35-18-10-16-7-8-30-23(22(16)31-13-18)32-17-11-19(21(28)20(27)12-17)26(3)14-25(2,15-34-4)36-24(29)33-26/h7-8,10-13H,9,14-15H2,1-4H3,(H2,29,33)(H,30,32)/t25-,26+/m1/s1. The Morgan fingerprint density at radius 3 is 2.78 bits per heavy atom. The van der Waals surface area contributed by atoms with Gasteiger partial charge in [0.1, 0.15) is 17.9 Å². The number of pyridine rings is 2. The van der Waals surface area contributed by atoms with Gasteiger partial charge in [0.15, 0.2) is 22.6 Å². The lowest BCUT2D eigenvalue weighted by Gasteiger charge is -2.41. The number of amidine groups is 1. The van der Waals surface area contributed by atoms with Crippen molar-refractivity contribution in [3.63, 3.8) is 0 Å². The van der Waals surface area contributed by atoms with Crippen molar-refractivity contribution in [1.29, 1.82) is 0 Å². The summed E-state index contributed by atoms with van der Waals surface area (Å²) < 4.78 is 40.4. The number of methoxy groups -OCH3 is 1. The molecule has 0 bridgehead atoms. The molecule has 3 aromatic rings. The Kier molecular flexibility index (Phi) is 7.33. The maximum absolute atomic E-state index is 15.1. The van der Waals surface area contributed by atoms with E-state index in [9.17, 15) is 4.39 Å². The zero-order valence-electron chi connectivity index (χ0n) is 20.5. The van der Waals surface area contributed by atoms with Gasteiger partial charge in [0.05, 0.1) is 18.3 Å². The van der Waals surface area contributed by atoms with E-state index in [0.717, 1.165) is 11.5 Å². The van der Waals surface area contributed by atoms with Crippen LogP contribution < -0.4 is 15.8 Å². The third kappa shape index (κ3) is 5.37. The van der Waals surface area contributed by atoms with Crippen LogP contribution in [0.2, 0.25) is 0 Å². The van der Waals surface area contributed by atoms with Crippen LogP contribution in [0.3, 0.4) is 0 Å². The minimum atomic E-state index is -1.09. The predicted octanol–water partition coefficient (Wildman–Crippen LogP) is 5.13. The molecule has 1 aliphatic rings. The smallest absolute Gasteiger partial charge is 0.164 e. The molecule has 0 saturated heterocycles. The number of aromatic nitrogens is 2. The molecule has 1 aliphatic heterocycles. The Balaban J connectivity index is 1.70. The van der Waals surface area contributed by atoms with Crippen molar-refractivity contribution < 1.29 is 18.3 Å². The molecule has 7 nitrogen and oxygen atoms in total. The summed E-state index contributed by atoms with van der Waals surface area (Å²) >= 11 is 1.37. The minimum absolute atomic E-state index is 0.0940. The second kappa shape index (κ2) is 10.3. The van der Waals surface area contributed by atoms with E-state index >= 15 is 4.39 Å². The highest BCUT2D eigenvalue weighted by Crippen LogP contribution is 2.46. The molecule has 0 aliphatic carbocycles. The number of rotatable bonds is 7. The second-order valence-electron chi connectivity index (χ2n) is 8.95. The van der Waals surface area contributed by atoms with E-state index in [1.54, 1.807) is 45.5 Å². The van der Waals surface area contributed by atoms with Crippen LogP contribution in [0, 0.1) is 23.5 Å². The normalized spacial score (nSPS) is 21.4. The molecule has 3 heterocycles. The van der Waals surface area contributed by atoms with Gasteiger partial charge >= 0.3 is 0 Å². The zero-order valence-corrected chi connectivity index (χ0v) is 21.3. The largest absolute Gasteiger partial charge is 0.479 e. The Morgan fingerprint density at radius 1 is 1.22 bits per heavy atom. The fraction of sp³-hybridized carbons (Fsp3) is 0.346. The van der Waals surface area contributed by atoms with E-state index in [-0.39, 0.29) is 12.2 Å². The molecule has 0 fully saturated rings. The number of thioether (sulfide) groups is 1. The summed E-state index contributed by atoms with van der Waals surface area (Å²) in [5.41, 5.74) is 5.97. The van der Waals surface area contributed by atoms with E-state index in [1.807, 2.05) is 13.0 Å². The highest BCUT2D eigenvalue weighted by atomic mass is 32.2. The van der Waals surface area contributed by atoms with Crippen molar-refractivity contribution in [2.75, 3.05) is 25.6 Å². The molecule has 0 unspecified atom stereocenters. The van der Waals surface area contributed by atoms with Crippen LogP contribution >= 0.6 is 11.8 Å². The number of fused-ring (bicyclic) bond motifs is 1. The molecule has 188 valence electrons. The quantitative estimate of drug-likeness (QED) is 0.425. The van der Waals surface area contributed by atoms with Crippen molar-refractivity contribution in [2.24, 2.45) is 10.7 Å². The van der Waals surface area contributed by atoms with Crippen molar-refractivity contribution in [3.05, 3.63) is 53.9 Å². The maximum Gasteiger partial charge on any atom is 0.164 e. The van der Waals surface area contributed by atoms with E-state index in [4.69, 9.17) is 15.2 Å². The van der Waals surface area contributed by atoms with Crippen molar-refractivity contribution >= 4 is 39.3 Å². The molecule has 2 aromatic heterocycles. The van der Waals surface area contributed by atoms with Gasteiger partial charge < -0.3 is 20.5 Å². The number of hydrogen-bond acceptors (Lipinski definition) is 8. The lowest BCUT2D eigenvalue weighted by molar-refractivity contribution is 0.157. The first kappa shape index (κ1) is 25.7. The number of nitrogens with two attached hydrogens (primary N) is 1. The number of hydrogen-bond donors (Lipinski definition) is 2. The van der Waals surface area contributed by atoms with E-state index in [0.29, 0.717) is 41.0 Å². The molecule has 0 amide bonds. The van der Waals surface area contributed by atoms with Crippen LogP contribution in [0.4, 0.5) is 20.3 Å². The van der Waals surface area contributed by atoms with Gasteiger partial charge in [-0.25, -0.2) is 18.7 Å². The van der Waals surface area contributed by atoms with Crippen LogP contribution in [0.1, 0.15) is 32.8 Å². The summed E-state index contributed by atoms with van der Waals surface area (Å²) in [6, 6.07) is 6.23. The average molecular weight is 512 g/mol. The fourth-order valence-electron chi connectivity index (χ4n) is 4.46. The van der Waals surface area contributed by atoms with Gasteiger partial charge in [-0.15, -0.1) is 5.92 Å². The third-order valence-electron chi connectivity index (χ3n) is 5.81. The Morgan fingerprint density at radius 2 is 2.03 bits per heavy atom. The molecule has 0 saturated carbocycles. The number of aliphatic imine (C=N–C) groups is 1. The highest BCUT2D eigenvalue weighted by Gasteiger charge is 2.44. The molecular weight excluding hydrogens is 484 g/mol. The topological polar surface area (TPSA) is 94.6 Å². The maximum atomic E-state index is 15.1. The Labute approximate surface area is 212 Å². The number of anilines is 2. The van der Waals surface area contributed by atoms with Crippen LogP contribution in [0.5, 0.6) is 5.75 Å². The van der Waals surface area contributed by atoms with Crippen LogP contribution in [0.15, 0.2) is 41.7 Å². The molecule has 10 heteroatoms. The Hall–Kier alpha value is -3.42. The number of benzene rings is 1. The van der Waals surface area contributed by atoms with Gasteiger partial charge in [-0.1, -0.05) is 17.7 Å². The number of ether oxygens (including phenoxy) is 2. The van der Waals surface area contributed by atoms with Crippen LogP contribution in [-0.2, 0) is 10.3 Å². The van der Waals surface area contributed by atoms with Gasteiger partial charge in [0, 0.05) is 40.8 Å². The summed E-state index contributed by atoms with van der Waals surface area (Å²) in [4.78, 5) is 13.3. The van der Waals surface area contributed by atoms with Crippen LogP contribution in [0.25, 0.3) is 10.9 Å². The minimum Gasteiger partial charge on any atom is -0.479 e. The first-order valence-corrected chi connectivity index (χ1v) is 12.0. The van der Waals surface area contributed by atoms with Gasteiger partial charge in [-0.05, 0) is 45.4 Å². The number of nitrogens with one attached hydrogen (secondary N) is 1. The fourth-order valence-corrected chi connectivity index (χ4v) is 5.74. The second-order valence-corrected chi connectivity index (χ2v) is 10.6. The summed E-state index contributed by atoms with van der Waals surface area (Å²) in [6.45, 7) is 6.09. The molecule has 0 radical (unpaired) electrons. The molecule has 4 rings (SSSR count). The zero-order chi connectivity index (χ0) is 25.9. The van der Waals surface area contributed by atoms with Gasteiger partial charge in [0.2, 0.25) is 0 Å². The summed E-state index contributed by atoms with van der Waals surface area (Å²) in [6.07, 6.45) is 3.57. The van der Waals surface area contributed by atoms with Crippen LogP contribution in [-0.4, -0.2) is 40.2 Å². The van der Waals surface area contributed by atoms with Gasteiger partial charge in [-0.2, -0.15) is 0 Å². The average Bonchev–Trinajstić information content (AvgIpc) is 2.80. The van der Waals surface area contributed by atoms with E-state index in [2.05, 4.69) is 32.1 Å². The van der Waals surface area contributed by atoms with Crippen molar-refractivity contribution in [1.82, 2.24) is 9.97 Å². The van der Waals surface area contributed by atoms with E-state index < -0.39 is 21.9 Å². The third-order valence-corrected chi connectivity index (χ3v) is 6.86. The SMILES string of the molecule is CC#CCOc1cnc2c(Nc3cc(F)c(F)c([C@]4(C)C[C@](C)(COC)SC(N)=N4)c3)nccc2c1. The summed E-state index contributed by atoms with van der Waals surface area (Å²) in [5.74, 6) is 4.59. The van der Waals surface area contributed by atoms with E-state index in [1.165, 1.54) is 11.8 Å². The molecule has 1 aromatic carbocycles. The molecule has 36 heavy (non-hydrogen) atoms. The first-order chi connectivity index (χ1) is 17.2. The lowest BCUT2D eigenvalue weighted by Crippen LogP contribution is -2.43. The molecular formula is C26H27F2N5O2S. The van der Waals surface area contributed by atoms with Gasteiger partial charge in [-0.3, -0.25) is 4.99 Å². The number of halogens is 2. The first-order valence-electron chi connectivity index (χ1n) is 11.2. The Bertz CT molecular complexity index is 1390. The summed E-state index contributed by atoms with van der Waals surface area (Å²) in [7, 11) is 1.59. The molecule has 2 atom stereocenters.